The Morgan fingerprint density at radius 2 is 2.37 bits per heavy atom. The first-order valence-electron chi connectivity index (χ1n) is 6.50. The van der Waals surface area contributed by atoms with Crippen molar-refractivity contribution in [3.8, 4) is 0 Å². The molecule has 0 bridgehead atoms. The molecule has 0 aliphatic heterocycles. The molecule has 1 amide bonds. The van der Waals surface area contributed by atoms with Gasteiger partial charge in [-0.1, -0.05) is 6.07 Å². The summed E-state index contributed by atoms with van der Waals surface area (Å²) in [5.74, 6) is 0.421. The molecule has 1 unspecified atom stereocenters. The minimum Gasteiger partial charge on any atom is -0.344 e. The Balaban J connectivity index is 1.66. The smallest absolute Gasteiger partial charge is 0.272 e. The van der Waals surface area contributed by atoms with Gasteiger partial charge in [0.25, 0.3) is 5.91 Å². The predicted molar refractivity (Wildman–Crippen MR) is 70.7 cm³/mol. The van der Waals surface area contributed by atoms with Crippen molar-refractivity contribution in [1.29, 1.82) is 0 Å². The highest BCUT2D eigenvalue weighted by Crippen LogP contribution is 2.38. The van der Waals surface area contributed by atoms with Crippen molar-refractivity contribution in [2.24, 2.45) is 0 Å². The lowest BCUT2D eigenvalue weighted by Gasteiger charge is -2.12. The third-order valence-corrected chi connectivity index (χ3v) is 3.38. The molecular weight excluding hydrogens is 240 g/mol. The Morgan fingerprint density at radius 3 is 3.05 bits per heavy atom. The van der Waals surface area contributed by atoms with E-state index < -0.39 is 0 Å². The van der Waals surface area contributed by atoms with E-state index >= 15 is 0 Å². The van der Waals surface area contributed by atoms with Crippen LogP contribution in [0.4, 0.5) is 0 Å². The fraction of sp³-hybridized carbons (Fsp3) is 0.357. The van der Waals surface area contributed by atoms with Crippen molar-refractivity contribution in [1.82, 2.24) is 20.5 Å². The van der Waals surface area contributed by atoms with Crippen LogP contribution in [0, 0.1) is 0 Å². The Hall–Kier alpha value is -2.17. The molecule has 5 nitrogen and oxygen atoms in total. The summed E-state index contributed by atoms with van der Waals surface area (Å²) in [6.45, 7) is 1.93. The first kappa shape index (κ1) is 11.9. The number of carbonyl (C=O) groups is 1. The molecule has 1 aliphatic rings. The first-order valence-corrected chi connectivity index (χ1v) is 6.50. The Labute approximate surface area is 111 Å². The molecule has 1 fully saturated rings. The van der Waals surface area contributed by atoms with Gasteiger partial charge in [0.15, 0.2) is 0 Å². The third-order valence-electron chi connectivity index (χ3n) is 3.38. The molecule has 2 aromatic rings. The maximum absolute atomic E-state index is 12.1. The molecule has 1 aliphatic carbocycles. The quantitative estimate of drug-likeness (QED) is 0.880. The SMILES string of the molecule is CC(NC(=O)c1cc(C2CC2)[nH]n1)c1cccnc1. The van der Waals surface area contributed by atoms with E-state index in [4.69, 9.17) is 0 Å². The van der Waals surface area contributed by atoms with Crippen LogP contribution in [0.3, 0.4) is 0 Å². The monoisotopic (exact) mass is 256 g/mol. The molecule has 1 atom stereocenters. The Morgan fingerprint density at radius 1 is 1.53 bits per heavy atom. The zero-order valence-electron chi connectivity index (χ0n) is 10.8. The molecule has 0 spiro atoms. The number of nitrogens with zero attached hydrogens (tertiary/aromatic N) is 2. The average molecular weight is 256 g/mol. The molecule has 2 aromatic heterocycles. The highest BCUT2D eigenvalue weighted by Gasteiger charge is 2.26. The van der Waals surface area contributed by atoms with E-state index in [0.717, 1.165) is 11.3 Å². The van der Waals surface area contributed by atoms with Crippen molar-refractivity contribution in [3.05, 3.63) is 47.5 Å². The van der Waals surface area contributed by atoms with Gasteiger partial charge < -0.3 is 5.32 Å². The van der Waals surface area contributed by atoms with E-state index in [1.807, 2.05) is 25.1 Å². The van der Waals surface area contributed by atoms with E-state index in [1.54, 1.807) is 12.4 Å². The summed E-state index contributed by atoms with van der Waals surface area (Å²) in [5, 5.41) is 9.93. The van der Waals surface area contributed by atoms with Gasteiger partial charge in [-0.15, -0.1) is 0 Å². The second-order valence-corrected chi connectivity index (χ2v) is 4.96. The molecule has 5 heteroatoms. The zero-order valence-corrected chi connectivity index (χ0v) is 10.8. The lowest BCUT2D eigenvalue weighted by Crippen LogP contribution is -2.27. The largest absolute Gasteiger partial charge is 0.344 e. The Bertz CT molecular complexity index is 574. The minimum atomic E-state index is -0.153. The topological polar surface area (TPSA) is 70.7 Å². The summed E-state index contributed by atoms with van der Waals surface area (Å²) in [5.41, 5.74) is 2.51. The molecule has 0 aromatic carbocycles. The molecular formula is C14H16N4O. The number of hydrogen-bond acceptors (Lipinski definition) is 3. The molecule has 0 radical (unpaired) electrons. The van der Waals surface area contributed by atoms with Crippen molar-refractivity contribution in [3.63, 3.8) is 0 Å². The summed E-state index contributed by atoms with van der Waals surface area (Å²) in [6.07, 6.45) is 5.85. The lowest BCUT2D eigenvalue weighted by atomic mass is 10.1. The number of carbonyl (C=O) groups excluding carboxylic acids is 1. The van der Waals surface area contributed by atoms with Crippen LogP contribution in [0.25, 0.3) is 0 Å². The average Bonchev–Trinajstić information content (AvgIpc) is 3.17. The van der Waals surface area contributed by atoms with E-state index in [1.165, 1.54) is 12.8 Å². The molecule has 98 valence electrons. The van der Waals surface area contributed by atoms with E-state index in [-0.39, 0.29) is 11.9 Å². The Kier molecular flexibility index (Phi) is 3.03. The van der Waals surface area contributed by atoms with Crippen molar-refractivity contribution in [2.45, 2.75) is 31.7 Å². The van der Waals surface area contributed by atoms with Gasteiger partial charge in [-0.25, -0.2) is 0 Å². The third kappa shape index (κ3) is 2.65. The van der Waals surface area contributed by atoms with Gasteiger partial charge in [-0.3, -0.25) is 14.9 Å². The second-order valence-electron chi connectivity index (χ2n) is 4.96. The molecule has 2 N–H and O–H groups in total. The summed E-state index contributed by atoms with van der Waals surface area (Å²) in [4.78, 5) is 16.1. The van der Waals surface area contributed by atoms with E-state index in [2.05, 4.69) is 20.5 Å². The number of aromatic amines is 1. The lowest BCUT2D eigenvalue weighted by molar-refractivity contribution is 0.0935. The molecule has 2 heterocycles. The standard InChI is InChI=1S/C14H16N4O/c1-9(11-3-2-6-15-8-11)16-14(19)13-7-12(17-18-13)10-4-5-10/h2-3,6-10H,4-5H2,1H3,(H,16,19)(H,17,18). The van der Waals surface area contributed by atoms with Gasteiger partial charge in [0.05, 0.1) is 6.04 Å². The number of aromatic nitrogens is 3. The zero-order chi connectivity index (χ0) is 13.2. The van der Waals surface area contributed by atoms with Gasteiger partial charge in [-0.05, 0) is 37.5 Å². The first-order chi connectivity index (χ1) is 9.24. The maximum Gasteiger partial charge on any atom is 0.272 e. The van der Waals surface area contributed by atoms with Crippen LogP contribution in [-0.2, 0) is 0 Å². The number of amides is 1. The van der Waals surface area contributed by atoms with Gasteiger partial charge in [0.1, 0.15) is 5.69 Å². The number of pyridine rings is 1. The summed E-state index contributed by atoms with van der Waals surface area (Å²) in [7, 11) is 0. The van der Waals surface area contributed by atoms with Crippen LogP contribution in [0.5, 0.6) is 0 Å². The molecule has 3 rings (SSSR count). The van der Waals surface area contributed by atoms with Crippen LogP contribution >= 0.6 is 0 Å². The van der Waals surface area contributed by atoms with Gasteiger partial charge in [-0.2, -0.15) is 5.10 Å². The van der Waals surface area contributed by atoms with Crippen molar-refractivity contribution >= 4 is 5.91 Å². The maximum atomic E-state index is 12.1. The van der Waals surface area contributed by atoms with Crippen LogP contribution in [0.2, 0.25) is 0 Å². The normalized spacial score (nSPS) is 16.1. The van der Waals surface area contributed by atoms with Crippen molar-refractivity contribution in [2.75, 3.05) is 0 Å². The minimum absolute atomic E-state index is 0.0812. The summed E-state index contributed by atoms with van der Waals surface area (Å²) >= 11 is 0. The number of hydrogen-bond donors (Lipinski definition) is 2. The number of rotatable bonds is 4. The second kappa shape index (κ2) is 4.84. The number of H-pyrrole nitrogens is 1. The molecule has 19 heavy (non-hydrogen) atoms. The molecule has 1 saturated carbocycles. The van der Waals surface area contributed by atoms with Crippen LogP contribution in [0.1, 0.15) is 53.5 Å². The van der Waals surface area contributed by atoms with Crippen LogP contribution in [-0.4, -0.2) is 21.1 Å². The van der Waals surface area contributed by atoms with Gasteiger partial charge in [0, 0.05) is 24.0 Å². The highest BCUT2D eigenvalue weighted by atomic mass is 16.2. The van der Waals surface area contributed by atoms with Crippen LogP contribution in [0.15, 0.2) is 30.6 Å². The fourth-order valence-corrected chi connectivity index (χ4v) is 2.04. The van der Waals surface area contributed by atoms with E-state index in [9.17, 15) is 4.79 Å². The van der Waals surface area contributed by atoms with Gasteiger partial charge in [0.2, 0.25) is 0 Å². The number of nitrogens with one attached hydrogen (secondary N) is 2. The predicted octanol–water partition coefficient (Wildman–Crippen LogP) is 2.17. The fourth-order valence-electron chi connectivity index (χ4n) is 2.04. The van der Waals surface area contributed by atoms with Crippen molar-refractivity contribution < 1.29 is 4.79 Å². The van der Waals surface area contributed by atoms with E-state index in [0.29, 0.717) is 11.6 Å². The summed E-state index contributed by atoms with van der Waals surface area (Å²) in [6, 6.07) is 5.57. The van der Waals surface area contributed by atoms with Crippen LogP contribution < -0.4 is 5.32 Å². The highest BCUT2D eigenvalue weighted by molar-refractivity contribution is 5.92. The van der Waals surface area contributed by atoms with Gasteiger partial charge >= 0.3 is 0 Å². The summed E-state index contributed by atoms with van der Waals surface area (Å²) < 4.78 is 0. The molecule has 0 saturated heterocycles.